The molecule has 1 saturated carbocycles. The Kier molecular flexibility index (Phi) is 6.83. The van der Waals surface area contributed by atoms with Gasteiger partial charge in [-0.05, 0) is 35.4 Å². The van der Waals surface area contributed by atoms with E-state index in [0.717, 1.165) is 24.3 Å². The largest absolute Gasteiger partial charge is 0.326 e. The van der Waals surface area contributed by atoms with Crippen LogP contribution in [0.5, 0.6) is 0 Å². The van der Waals surface area contributed by atoms with Crippen molar-refractivity contribution in [1.29, 1.82) is 0 Å². The fourth-order valence-electron chi connectivity index (χ4n) is 3.79. The lowest BCUT2D eigenvalue weighted by atomic mass is 10.0. The van der Waals surface area contributed by atoms with Gasteiger partial charge in [-0.1, -0.05) is 23.7 Å². The second kappa shape index (κ2) is 9.41. The number of benzene rings is 3. The van der Waals surface area contributed by atoms with E-state index in [1.165, 1.54) is 12.1 Å². The van der Waals surface area contributed by atoms with Gasteiger partial charge in [-0.3, -0.25) is 9.59 Å². The molecule has 1 aliphatic carbocycles. The first-order valence-corrected chi connectivity index (χ1v) is 11.1. The van der Waals surface area contributed by atoms with Gasteiger partial charge in [-0.25, -0.2) is 22.0 Å². The topological polar surface area (TPSA) is 46.2 Å². The van der Waals surface area contributed by atoms with E-state index in [-0.39, 0.29) is 16.3 Å². The number of Topliss-reactive ketones (excluding diaryl/α,β-unsaturated/α-hetero) is 1. The van der Waals surface area contributed by atoms with Crippen molar-refractivity contribution in [3.8, 4) is 0 Å². The summed E-state index contributed by atoms with van der Waals surface area (Å²) in [6, 6.07) is 7.75. The fraction of sp³-hybridized carbons (Fsp3) is 0.167. The minimum absolute atomic E-state index is 0.195. The van der Waals surface area contributed by atoms with E-state index < -0.39 is 68.9 Å². The van der Waals surface area contributed by atoms with Crippen molar-refractivity contribution in [1.82, 2.24) is 0 Å². The van der Waals surface area contributed by atoms with Crippen molar-refractivity contribution in [3.05, 3.63) is 99.3 Å². The molecular weight excluding hydrogens is 536 g/mol. The van der Waals surface area contributed by atoms with E-state index in [9.17, 15) is 31.5 Å². The molecule has 3 aromatic rings. The van der Waals surface area contributed by atoms with Crippen LogP contribution in [-0.4, -0.2) is 16.0 Å². The molecule has 182 valence electrons. The van der Waals surface area contributed by atoms with Crippen LogP contribution in [0.2, 0.25) is 5.02 Å². The van der Waals surface area contributed by atoms with E-state index in [1.54, 1.807) is 0 Å². The van der Waals surface area contributed by atoms with Crippen molar-refractivity contribution in [2.45, 2.75) is 16.7 Å². The molecule has 0 aliphatic heterocycles. The SMILES string of the molecule is O=C(Cc1ccc(F)cc1F)c1cc(NC(=O)C2C(c3ccc(F)c(Cl)c3)C2(Cl)Cl)cc(F)c1F. The van der Waals surface area contributed by atoms with Crippen LogP contribution in [0.15, 0.2) is 48.5 Å². The van der Waals surface area contributed by atoms with Gasteiger partial charge in [0.05, 0.1) is 16.5 Å². The molecule has 1 fully saturated rings. The van der Waals surface area contributed by atoms with E-state index in [1.807, 2.05) is 0 Å². The summed E-state index contributed by atoms with van der Waals surface area (Å²) in [5.74, 6) is -9.08. The molecule has 0 radical (unpaired) electrons. The minimum atomic E-state index is -1.58. The van der Waals surface area contributed by atoms with Gasteiger partial charge in [0.15, 0.2) is 17.4 Å². The van der Waals surface area contributed by atoms with Crippen molar-refractivity contribution in [2.24, 2.45) is 5.92 Å². The van der Waals surface area contributed by atoms with Crippen LogP contribution in [0.25, 0.3) is 0 Å². The number of hydrogen-bond acceptors (Lipinski definition) is 2. The molecule has 3 nitrogen and oxygen atoms in total. The number of amides is 1. The van der Waals surface area contributed by atoms with Gasteiger partial charge in [0.25, 0.3) is 0 Å². The summed E-state index contributed by atoms with van der Waals surface area (Å²) in [7, 11) is 0. The molecule has 0 heterocycles. The van der Waals surface area contributed by atoms with Crippen LogP contribution in [0, 0.1) is 35.0 Å². The van der Waals surface area contributed by atoms with Gasteiger partial charge in [-0.2, -0.15) is 0 Å². The summed E-state index contributed by atoms with van der Waals surface area (Å²) in [6.07, 6.45) is -0.678. The molecule has 0 bridgehead atoms. The highest BCUT2D eigenvalue weighted by atomic mass is 35.5. The van der Waals surface area contributed by atoms with Crippen molar-refractivity contribution in [2.75, 3.05) is 5.32 Å². The smallest absolute Gasteiger partial charge is 0.231 e. The quantitative estimate of drug-likeness (QED) is 0.205. The average Bonchev–Trinajstić information content (AvgIpc) is 3.36. The second-order valence-corrected chi connectivity index (χ2v) is 9.80. The maximum Gasteiger partial charge on any atom is 0.231 e. The van der Waals surface area contributed by atoms with Gasteiger partial charge in [0, 0.05) is 30.2 Å². The molecule has 1 N–H and O–H groups in total. The molecule has 1 aliphatic rings. The van der Waals surface area contributed by atoms with Crippen molar-refractivity contribution < 1.29 is 31.5 Å². The summed E-state index contributed by atoms with van der Waals surface area (Å²) >= 11 is 18.2. The lowest BCUT2D eigenvalue weighted by Crippen LogP contribution is -2.18. The average molecular weight is 549 g/mol. The van der Waals surface area contributed by atoms with Gasteiger partial charge in [0.1, 0.15) is 21.8 Å². The lowest BCUT2D eigenvalue weighted by Gasteiger charge is -2.10. The van der Waals surface area contributed by atoms with Gasteiger partial charge in [0.2, 0.25) is 5.91 Å². The van der Waals surface area contributed by atoms with Crippen LogP contribution in [-0.2, 0) is 11.2 Å². The molecule has 11 heteroatoms. The van der Waals surface area contributed by atoms with Gasteiger partial charge >= 0.3 is 0 Å². The van der Waals surface area contributed by atoms with Crippen LogP contribution >= 0.6 is 34.8 Å². The summed E-state index contributed by atoms with van der Waals surface area (Å²) in [4.78, 5) is 25.3. The van der Waals surface area contributed by atoms with E-state index in [2.05, 4.69) is 5.32 Å². The number of carbonyl (C=O) groups is 2. The third-order valence-corrected chi connectivity index (χ3v) is 6.83. The van der Waals surface area contributed by atoms with Crippen LogP contribution in [0.4, 0.5) is 27.6 Å². The highest BCUT2D eigenvalue weighted by Crippen LogP contribution is 2.65. The summed E-state index contributed by atoms with van der Waals surface area (Å²) in [5, 5.41) is 2.14. The molecule has 1 amide bonds. The van der Waals surface area contributed by atoms with Crippen LogP contribution < -0.4 is 5.32 Å². The maximum absolute atomic E-state index is 14.3. The number of halogens is 8. The lowest BCUT2D eigenvalue weighted by molar-refractivity contribution is -0.117. The Hall–Kier alpha value is -2.68. The van der Waals surface area contributed by atoms with E-state index >= 15 is 0 Å². The zero-order valence-electron chi connectivity index (χ0n) is 17.3. The Morgan fingerprint density at radius 1 is 0.886 bits per heavy atom. The predicted octanol–water partition coefficient (Wildman–Crippen LogP) is 6.99. The third kappa shape index (κ3) is 5.01. The number of anilines is 1. The molecule has 4 rings (SSSR count). The van der Waals surface area contributed by atoms with Crippen molar-refractivity contribution in [3.63, 3.8) is 0 Å². The molecule has 0 aromatic heterocycles. The maximum atomic E-state index is 14.3. The van der Waals surface area contributed by atoms with Gasteiger partial charge in [-0.15, -0.1) is 23.2 Å². The first kappa shape index (κ1) is 25.4. The number of nitrogens with one attached hydrogen (secondary N) is 1. The second-order valence-electron chi connectivity index (χ2n) is 7.95. The highest BCUT2D eigenvalue weighted by molar-refractivity contribution is 6.53. The molecule has 2 unspecified atom stereocenters. The fourth-order valence-corrected chi connectivity index (χ4v) is 4.81. The Morgan fingerprint density at radius 2 is 1.60 bits per heavy atom. The van der Waals surface area contributed by atoms with Crippen LogP contribution in [0.1, 0.15) is 27.4 Å². The number of rotatable bonds is 6. The Bertz CT molecular complexity index is 1370. The minimum Gasteiger partial charge on any atom is -0.326 e. The number of hydrogen-bond donors (Lipinski definition) is 1. The number of carbonyl (C=O) groups excluding carboxylic acids is 2. The third-order valence-electron chi connectivity index (χ3n) is 5.60. The highest BCUT2D eigenvalue weighted by Gasteiger charge is 2.67. The summed E-state index contributed by atoms with van der Waals surface area (Å²) in [5.41, 5.74) is -0.851. The number of ketones is 1. The molecule has 2 atom stereocenters. The first-order chi connectivity index (χ1) is 16.4. The Morgan fingerprint density at radius 3 is 2.26 bits per heavy atom. The first-order valence-electron chi connectivity index (χ1n) is 10.00. The standard InChI is InChI=1S/C24H13Cl3F5NO2/c25-15-5-11(2-4-16(15)29)20-21(24(20,26)27)23(35)33-13-8-14(22(32)18(31)9-13)19(34)6-10-1-3-12(28)7-17(10)30/h1-5,7-9,20-21H,6H2,(H,33,35). The predicted molar refractivity (Wildman–Crippen MR) is 121 cm³/mol. The Labute approximate surface area is 210 Å². The Balaban J connectivity index is 1.55. The van der Waals surface area contributed by atoms with E-state index in [4.69, 9.17) is 34.8 Å². The molecule has 0 saturated heterocycles. The summed E-state index contributed by atoms with van der Waals surface area (Å²) < 4.78 is 67.4. The van der Waals surface area contributed by atoms with E-state index in [0.29, 0.717) is 17.7 Å². The molecule has 0 spiro atoms. The zero-order valence-corrected chi connectivity index (χ0v) is 19.6. The molecular formula is C24H13Cl3F5NO2. The molecule has 35 heavy (non-hydrogen) atoms. The normalized spacial score (nSPS) is 18.3. The monoisotopic (exact) mass is 547 g/mol. The zero-order chi connectivity index (χ0) is 25.7. The van der Waals surface area contributed by atoms with Crippen LogP contribution in [0.3, 0.4) is 0 Å². The van der Waals surface area contributed by atoms with Gasteiger partial charge < -0.3 is 5.32 Å². The summed E-state index contributed by atoms with van der Waals surface area (Å²) in [6.45, 7) is 0. The number of alkyl halides is 2. The van der Waals surface area contributed by atoms with Crippen molar-refractivity contribution >= 4 is 52.2 Å². The molecule has 3 aromatic carbocycles.